The average molecular weight is 322 g/mol. The van der Waals surface area contributed by atoms with Crippen LogP contribution in [0.1, 0.15) is 46.1 Å². The van der Waals surface area contributed by atoms with E-state index in [2.05, 4.69) is 25.6 Å². The van der Waals surface area contributed by atoms with E-state index in [4.69, 9.17) is 0 Å². The first kappa shape index (κ1) is 13.7. The highest BCUT2D eigenvalue weighted by Crippen LogP contribution is 2.41. The van der Waals surface area contributed by atoms with Crippen LogP contribution in [-0.4, -0.2) is 49.5 Å². The van der Waals surface area contributed by atoms with Crippen LogP contribution >= 0.6 is 0 Å². The molecule has 7 heteroatoms. The monoisotopic (exact) mass is 322 g/mol. The van der Waals surface area contributed by atoms with Crippen LogP contribution in [0, 0.1) is 0 Å². The molecule has 2 N–H and O–H groups in total. The first-order valence-corrected chi connectivity index (χ1v) is 8.45. The summed E-state index contributed by atoms with van der Waals surface area (Å²) in [6, 6.07) is 5.47. The minimum absolute atomic E-state index is 0.0611. The average Bonchev–Trinajstić information content (AvgIpc) is 3.27. The maximum atomic E-state index is 12.9. The second-order valence-corrected chi connectivity index (χ2v) is 6.66. The van der Waals surface area contributed by atoms with Crippen LogP contribution in [-0.2, 0) is 12.8 Å². The van der Waals surface area contributed by atoms with Crippen LogP contribution in [0.5, 0.6) is 0 Å². The van der Waals surface area contributed by atoms with Gasteiger partial charge in [-0.25, -0.2) is 0 Å². The van der Waals surface area contributed by atoms with Gasteiger partial charge >= 0.3 is 0 Å². The van der Waals surface area contributed by atoms with Crippen LogP contribution in [0.25, 0.3) is 11.0 Å². The molecule has 0 bridgehead atoms. The van der Waals surface area contributed by atoms with E-state index in [1.807, 2.05) is 23.1 Å². The molecule has 0 radical (unpaired) electrons. The molecule has 3 aromatic rings. The highest BCUT2D eigenvalue weighted by molar-refractivity contribution is 5.97. The number of nitrogens with one attached hydrogen (secondary N) is 2. The van der Waals surface area contributed by atoms with Gasteiger partial charge in [0.1, 0.15) is 11.0 Å². The van der Waals surface area contributed by atoms with Gasteiger partial charge in [-0.05, 0) is 43.0 Å². The zero-order valence-corrected chi connectivity index (χ0v) is 13.2. The number of aromatic amines is 2. The topological polar surface area (TPSA) is 90.6 Å². The molecule has 3 heterocycles. The van der Waals surface area contributed by atoms with Crippen LogP contribution < -0.4 is 0 Å². The minimum Gasteiger partial charge on any atom is -0.338 e. The Morgan fingerprint density at radius 1 is 1.08 bits per heavy atom. The molecule has 1 aliphatic carbocycles. The molecular formula is C17H18N6O. The maximum absolute atomic E-state index is 12.9. The number of benzene rings is 1. The van der Waals surface area contributed by atoms with E-state index in [1.165, 1.54) is 29.8 Å². The Morgan fingerprint density at radius 3 is 2.79 bits per heavy atom. The Balaban J connectivity index is 1.38. The van der Waals surface area contributed by atoms with Gasteiger partial charge in [0.15, 0.2) is 0 Å². The van der Waals surface area contributed by atoms with Gasteiger partial charge in [0.25, 0.3) is 5.91 Å². The SMILES string of the molecule is O=C(c1ccc2n[nH]nc2c1)N1CCc2[nH]nc(C3CC3)c2CC1. The number of nitrogens with zero attached hydrogens (tertiary/aromatic N) is 4. The smallest absolute Gasteiger partial charge is 0.253 e. The lowest BCUT2D eigenvalue weighted by atomic mass is 10.1. The van der Waals surface area contributed by atoms with Crippen molar-refractivity contribution in [3.63, 3.8) is 0 Å². The number of carbonyl (C=O) groups is 1. The number of hydrogen-bond acceptors (Lipinski definition) is 4. The molecule has 0 spiro atoms. The Bertz CT molecular complexity index is 922. The van der Waals surface area contributed by atoms with Crippen LogP contribution in [0.4, 0.5) is 0 Å². The molecule has 0 atom stereocenters. The van der Waals surface area contributed by atoms with Crippen LogP contribution in [0.3, 0.4) is 0 Å². The number of amides is 1. The van der Waals surface area contributed by atoms with Crippen LogP contribution in [0.2, 0.25) is 0 Å². The van der Waals surface area contributed by atoms with E-state index in [1.54, 1.807) is 0 Å². The molecule has 1 fully saturated rings. The van der Waals surface area contributed by atoms with Crippen molar-refractivity contribution in [2.45, 2.75) is 31.6 Å². The lowest BCUT2D eigenvalue weighted by molar-refractivity contribution is 0.0763. The van der Waals surface area contributed by atoms with Gasteiger partial charge in [-0.1, -0.05) is 0 Å². The first-order valence-electron chi connectivity index (χ1n) is 8.45. The fraction of sp³-hybridized carbons (Fsp3) is 0.412. The molecule has 7 nitrogen and oxygen atoms in total. The third-order valence-electron chi connectivity index (χ3n) is 5.06. The van der Waals surface area contributed by atoms with Gasteiger partial charge < -0.3 is 4.90 Å². The molecule has 24 heavy (non-hydrogen) atoms. The maximum Gasteiger partial charge on any atom is 0.253 e. The number of aromatic nitrogens is 5. The first-order chi connectivity index (χ1) is 11.8. The molecule has 1 amide bonds. The van der Waals surface area contributed by atoms with E-state index >= 15 is 0 Å². The Hall–Kier alpha value is -2.70. The molecule has 0 unspecified atom stereocenters. The standard InChI is InChI=1S/C17H18N6O/c24-17(11-3-4-14-15(9-11)20-22-19-14)23-7-5-12-13(6-8-23)18-21-16(12)10-1-2-10/h3-4,9-10H,1-2,5-8H2,(H,18,21)(H,19,20,22). The van der Waals surface area contributed by atoms with E-state index in [9.17, 15) is 4.79 Å². The molecule has 1 saturated carbocycles. The summed E-state index contributed by atoms with van der Waals surface area (Å²) in [7, 11) is 0. The van der Waals surface area contributed by atoms with Gasteiger partial charge in [-0.2, -0.15) is 20.5 Å². The van der Waals surface area contributed by atoms with E-state index in [0.29, 0.717) is 11.5 Å². The van der Waals surface area contributed by atoms with E-state index in [-0.39, 0.29) is 5.91 Å². The highest BCUT2D eigenvalue weighted by atomic mass is 16.2. The van der Waals surface area contributed by atoms with Crippen molar-refractivity contribution in [2.75, 3.05) is 13.1 Å². The van der Waals surface area contributed by atoms with Crippen molar-refractivity contribution < 1.29 is 4.79 Å². The fourth-order valence-corrected chi connectivity index (χ4v) is 3.56. The van der Waals surface area contributed by atoms with Crippen molar-refractivity contribution in [3.8, 4) is 0 Å². The summed E-state index contributed by atoms with van der Waals surface area (Å²) in [5, 5.41) is 18.4. The molecule has 122 valence electrons. The molecule has 1 aromatic carbocycles. The summed E-state index contributed by atoms with van der Waals surface area (Å²) < 4.78 is 0. The summed E-state index contributed by atoms with van der Waals surface area (Å²) in [5.74, 6) is 0.702. The number of H-pyrrole nitrogens is 2. The molecule has 2 aliphatic rings. The summed E-state index contributed by atoms with van der Waals surface area (Å²) in [6.07, 6.45) is 4.22. The van der Waals surface area contributed by atoms with Crippen molar-refractivity contribution >= 4 is 16.9 Å². The number of hydrogen-bond donors (Lipinski definition) is 2. The van der Waals surface area contributed by atoms with Crippen molar-refractivity contribution in [1.82, 2.24) is 30.5 Å². The van der Waals surface area contributed by atoms with Crippen molar-refractivity contribution in [1.29, 1.82) is 0 Å². The lowest BCUT2D eigenvalue weighted by Crippen LogP contribution is -2.33. The van der Waals surface area contributed by atoms with Crippen molar-refractivity contribution in [3.05, 3.63) is 40.7 Å². The predicted octanol–water partition coefficient (Wildman–Crippen LogP) is 1.80. The molecular weight excluding hydrogens is 304 g/mol. The molecule has 2 aromatic heterocycles. The van der Waals surface area contributed by atoms with Crippen LogP contribution in [0.15, 0.2) is 18.2 Å². The summed E-state index contributed by atoms with van der Waals surface area (Å²) in [4.78, 5) is 14.8. The fourth-order valence-electron chi connectivity index (χ4n) is 3.56. The highest BCUT2D eigenvalue weighted by Gasteiger charge is 2.31. The van der Waals surface area contributed by atoms with E-state index in [0.717, 1.165) is 37.0 Å². The summed E-state index contributed by atoms with van der Waals surface area (Å²) in [6.45, 7) is 1.46. The normalized spacial score (nSPS) is 17.8. The van der Waals surface area contributed by atoms with Crippen molar-refractivity contribution in [2.24, 2.45) is 0 Å². The van der Waals surface area contributed by atoms with Gasteiger partial charge in [0.2, 0.25) is 0 Å². The second kappa shape index (κ2) is 5.15. The zero-order valence-electron chi connectivity index (χ0n) is 13.2. The largest absolute Gasteiger partial charge is 0.338 e. The molecule has 1 aliphatic heterocycles. The summed E-state index contributed by atoms with van der Waals surface area (Å²) in [5.41, 5.74) is 5.96. The number of rotatable bonds is 2. The van der Waals surface area contributed by atoms with Gasteiger partial charge in [-0.3, -0.25) is 9.89 Å². The van der Waals surface area contributed by atoms with Gasteiger partial charge in [-0.15, -0.1) is 0 Å². The Labute approximate surface area is 138 Å². The van der Waals surface area contributed by atoms with Gasteiger partial charge in [0, 0.05) is 36.7 Å². The third-order valence-corrected chi connectivity index (χ3v) is 5.06. The molecule has 5 rings (SSSR count). The quantitative estimate of drug-likeness (QED) is 0.753. The number of carbonyl (C=O) groups excluding carboxylic acids is 1. The lowest BCUT2D eigenvalue weighted by Gasteiger charge is -2.20. The number of fused-ring (bicyclic) bond motifs is 2. The summed E-state index contributed by atoms with van der Waals surface area (Å²) >= 11 is 0. The Morgan fingerprint density at radius 2 is 1.92 bits per heavy atom. The minimum atomic E-state index is 0.0611. The second-order valence-electron chi connectivity index (χ2n) is 6.66. The zero-order chi connectivity index (χ0) is 16.1. The van der Waals surface area contributed by atoms with E-state index < -0.39 is 0 Å². The molecule has 0 saturated heterocycles. The third kappa shape index (κ3) is 2.19. The predicted molar refractivity (Wildman–Crippen MR) is 87.8 cm³/mol. The van der Waals surface area contributed by atoms with Gasteiger partial charge in [0.05, 0.1) is 5.69 Å². The Kier molecular flexibility index (Phi) is 2.95.